The SMILES string of the molecule is CNC(=O)c1ccc(NC(=O)c2ccnc(F)c2)cc1. The molecule has 0 saturated heterocycles. The summed E-state index contributed by atoms with van der Waals surface area (Å²) in [7, 11) is 1.54. The van der Waals surface area contributed by atoms with Crippen molar-refractivity contribution in [2.45, 2.75) is 0 Å². The van der Waals surface area contributed by atoms with Crippen LogP contribution < -0.4 is 10.6 Å². The second-order valence-corrected chi connectivity index (χ2v) is 3.98. The van der Waals surface area contributed by atoms with Gasteiger partial charge >= 0.3 is 0 Å². The standard InChI is InChI=1S/C14H12FN3O2/c1-16-13(19)9-2-4-11(5-3-9)18-14(20)10-6-7-17-12(15)8-10/h2-8H,1H3,(H,16,19)(H,18,20). The van der Waals surface area contributed by atoms with Gasteiger partial charge in [0.1, 0.15) is 0 Å². The third-order valence-corrected chi connectivity index (χ3v) is 2.62. The molecule has 0 bridgehead atoms. The summed E-state index contributed by atoms with van der Waals surface area (Å²) in [6.45, 7) is 0. The van der Waals surface area contributed by atoms with Crippen LogP contribution in [0.5, 0.6) is 0 Å². The number of pyridine rings is 1. The normalized spacial score (nSPS) is 9.90. The molecule has 1 aromatic heterocycles. The average molecular weight is 273 g/mol. The molecule has 20 heavy (non-hydrogen) atoms. The van der Waals surface area contributed by atoms with E-state index in [1.165, 1.54) is 19.3 Å². The number of carbonyl (C=O) groups is 2. The van der Waals surface area contributed by atoms with Crippen LogP contribution in [0.2, 0.25) is 0 Å². The zero-order chi connectivity index (χ0) is 14.5. The van der Waals surface area contributed by atoms with Gasteiger partial charge in [0.05, 0.1) is 0 Å². The Morgan fingerprint density at radius 2 is 1.75 bits per heavy atom. The first-order valence-electron chi connectivity index (χ1n) is 5.85. The Hall–Kier alpha value is -2.76. The number of benzene rings is 1. The van der Waals surface area contributed by atoms with Crippen molar-refractivity contribution in [3.05, 3.63) is 59.7 Å². The summed E-state index contributed by atoms with van der Waals surface area (Å²) in [6.07, 6.45) is 1.22. The van der Waals surface area contributed by atoms with E-state index >= 15 is 0 Å². The predicted molar refractivity (Wildman–Crippen MR) is 72.0 cm³/mol. The lowest BCUT2D eigenvalue weighted by atomic mass is 10.2. The Morgan fingerprint density at radius 1 is 1.05 bits per heavy atom. The number of hydrogen-bond donors (Lipinski definition) is 2. The Labute approximate surface area is 114 Å². The maximum atomic E-state index is 12.9. The molecule has 6 heteroatoms. The van der Waals surface area contributed by atoms with Crippen molar-refractivity contribution in [2.75, 3.05) is 12.4 Å². The monoisotopic (exact) mass is 273 g/mol. The van der Waals surface area contributed by atoms with E-state index in [4.69, 9.17) is 0 Å². The minimum absolute atomic E-state index is 0.174. The maximum Gasteiger partial charge on any atom is 0.255 e. The second kappa shape index (κ2) is 5.92. The Morgan fingerprint density at radius 3 is 2.35 bits per heavy atom. The number of halogens is 1. The van der Waals surface area contributed by atoms with Gasteiger partial charge in [0.2, 0.25) is 5.95 Å². The summed E-state index contributed by atoms with van der Waals surface area (Å²) in [5.74, 6) is -1.37. The van der Waals surface area contributed by atoms with Gasteiger partial charge in [-0.15, -0.1) is 0 Å². The number of amides is 2. The van der Waals surface area contributed by atoms with Crippen molar-refractivity contribution in [3.8, 4) is 0 Å². The Kier molecular flexibility index (Phi) is 4.05. The lowest BCUT2D eigenvalue weighted by Gasteiger charge is -2.06. The third-order valence-electron chi connectivity index (χ3n) is 2.62. The third kappa shape index (κ3) is 3.17. The molecule has 0 aliphatic rings. The number of nitrogens with zero attached hydrogens (tertiary/aromatic N) is 1. The fourth-order valence-electron chi connectivity index (χ4n) is 1.60. The summed E-state index contributed by atoms with van der Waals surface area (Å²) >= 11 is 0. The molecule has 0 unspecified atom stereocenters. The number of aromatic nitrogens is 1. The molecule has 0 atom stereocenters. The zero-order valence-corrected chi connectivity index (χ0v) is 10.7. The molecule has 1 aromatic carbocycles. The molecule has 2 aromatic rings. The van der Waals surface area contributed by atoms with Gasteiger partial charge in [-0.05, 0) is 30.3 Å². The molecule has 5 nitrogen and oxygen atoms in total. The largest absolute Gasteiger partial charge is 0.355 e. The lowest BCUT2D eigenvalue weighted by molar-refractivity contribution is 0.0962. The van der Waals surface area contributed by atoms with Crippen LogP contribution in [-0.2, 0) is 0 Å². The molecule has 0 aliphatic heterocycles. The van der Waals surface area contributed by atoms with Crippen LogP contribution in [0.1, 0.15) is 20.7 Å². The van der Waals surface area contributed by atoms with Gasteiger partial charge < -0.3 is 10.6 Å². The summed E-state index contributed by atoms with van der Waals surface area (Å²) in [4.78, 5) is 26.6. The lowest BCUT2D eigenvalue weighted by Crippen LogP contribution is -2.18. The Balaban J connectivity index is 2.10. The highest BCUT2D eigenvalue weighted by molar-refractivity contribution is 6.04. The van der Waals surface area contributed by atoms with Gasteiger partial charge in [0.15, 0.2) is 0 Å². The number of carbonyl (C=O) groups excluding carboxylic acids is 2. The molecule has 0 radical (unpaired) electrons. The number of anilines is 1. The molecule has 0 spiro atoms. The van der Waals surface area contributed by atoms with Crippen LogP contribution in [0.15, 0.2) is 42.6 Å². The molecule has 2 rings (SSSR count). The highest BCUT2D eigenvalue weighted by Crippen LogP contribution is 2.11. The predicted octanol–water partition coefficient (Wildman–Crippen LogP) is 1.83. The Bertz CT molecular complexity index is 641. The van der Waals surface area contributed by atoms with E-state index in [0.29, 0.717) is 11.3 Å². The van der Waals surface area contributed by atoms with Crippen molar-refractivity contribution in [3.63, 3.8) is 0 Å². The minimum atomic E-state index is -0.715. The molecule has 102 valence electrons. The quantitative estimate of drug-likeness (QED) is 0.838. The van der Waals surface area contributed by atoms with Gasteiger partial charge in [-0.1, -0.05) is 0 Å². The topological polar surface area (TPSA) is 71.1 Å². The summed E-state index contributed by atoms with van der Waals surface area (Å²) in [5, 5.41) is 5.10. The van der Waals surface area contributed by atoms with Crippen molar-refractivity contribution >= 4 is 17.5 Å². The minimum Gasteiger partial charge on any atom is -0.355 e. The van der Waals surface area contributed by atoms with Crippen LogP contribution in [0.25, 0.3) is 0 Å². The summed E-state index contributed by atoms with van der Waals surface area (Å²) in [5.41, 5.74) is 1.17. The second-order valence-electron chi connectivity index (χ2n) is 3.98. The van der Waals surface area contributed by atoms with E-state index in [-0.39, 0.29) is 11.5 Å². The highest BCUT2D eigenvalue weighted by Gasteiger charge is 2.08. The van der Waals surface area contributed by atoms with Crippen molar-refractivity contribution in [1.29, 1.82) is 0 Å². The average Bonchev–Trinajstić information content (AvgIpc) is 2.47. The van der Waals surface area contributed by atoms with E-state index in [2.05, 4.69) is 15.6 Å². The van der Waals surface area contributed by atoms with Crippen molar-refractivity contribution < 1.29 is 14.0 Å². The molecule has 2 amide bonds. The molecule has 2 N–H and O–H groups in total. The summed E-state index contributed by atoms with van der Waals surface area (Å²) < 4.78 is 12.9. The smallest absolute Gasteiger partial charge is 0.255 e. The van der Waals surface area contributed by atoms with Gasteiger partial charge in [-0.3, -0.25) is 9.59 Å². The van der Waals surface area contributed by atoms with E-state index in [0.717, 1.165) is 6.07 Å². The summed E-state index contributed by atoms with van der Waals surface area (Å²) in [6, 6.07) is 8.83. The van der Waals surface area contributed by atoms with Gasteiger partial charge in [0.25, 0.3) is 11.8 Å². The van der Waals surface area contributed by atoms with E-state index in [1.807, 2.05) is 0 Å². The molecular formula is C14H12FN3O2. The van der Waals surface area contributed by atoms with E-state index < -0.39 is 11.9 Å². The van der Waals surface area contributed by atoms with E-state index in [9.17, 15) is 14.0 Å². The molecular weight excluding hydrogens is 261 g/mol. The van der Waals surface area contributed by atoms with Gasteiger partial charge in [-0.2, -0.15) is 4.39 Å². The molecule has 0 aliphatic carbocycles. The first kappa shape index (κ1) is 13.7. The van der Waals surface area contributed by atoms with Crippen LogP contribution in [0.3, 0.4) is 0 Å². The van der Waals surface area contributed by atoms with Crippen LogP contribution in [-0.4, -0.2) is 23.8 Å². The molecule has 0 fully saturated rings. The van der Waals surface area contributed by atoms with Crippen molar-refractivity contribution in [1.82, 2.24) is 10.3 Å². The number of rotatable bonds is 3. The van der Waals surface area contributed by atoms with Gasteiger partial charge in [-0.25, -0.2) is 4.98 Å². The first-order valence-corrected chi connectivity index (χ1v) is 5.85. The molecule has 0 saturated carbocycles. The first-order chi connectivity index (χ1) is 9.60. The fourth-order valence-corrected chi connectivity index (χ4v) is 1.60. The van der Waals surface area contributed by atoms with Crippen LogP contribution >= 0.6 is 0 Å². The zero-order valence-electron chi connectivity index (χ0n) is 10.7. The fraction of sp³-hybridized carbons (Fsp3) is 0.0714. The molecule has 1 heterocycles. The van der Waals surface area contributed by atoms with Gasteiger partial charge in [0, 0.05) is 36.1 Å². The van der Waals surface area contributed by atoms with Crippen molar-refractivity contribution in [2.24, 2.45) is 0 Å². The van der Waals surface area contributed by atoms with Crippen LogP contribution in [0, 0.1) is 5.95 Å². The number of nitrogens with one attached hydrogen (secondary N) is 2. The number of hydrogen-bond acceptors (Lipinski definition) is 3. The van der Waals surface area contributed by atoms with E-state index in [1.54, 1.807) is 24.3 Å². The maximum absolute atomic E-state index is 12.9. The highest BCUT2D eigenvalue weighted by atomic mass is 19.1. The van der Waals surface area contributed by atoms with Crippen LogP contribution in [0.4, 0.5) is 10.1 Å².